The van der Waals surface area contributed by atoms with Crippen molar-refractivity contribution in [3.63, 3.8) is 0 Å². The lowest BCUT2D eigenvalue weighted by Gasteiger charge is -2.42. The van der Waals surface area contributed by atoms with Gasteiger partial charge in [0.2, 0.25) is 0 Å². The van der Waals surface area contributed by atoms with Crippen molar-refractivity contribution in [2.24, 2.45) is 46.3 Å². The molecule has 2 fully saturated rings. The smallest absolute Gasteiger partial charge is 0.0484 e. The van der Waals surface area contributed by atoms with Crippen LogP contribution in [0.2, 0.25) is 0 Å². The normalized spacial score (nSPS) is 36.8. The summed E-state index contributed by atoms with van der Waals surface area (Å²) in [5.41, 5.74) is 0.0757. The summed E-state index contributed by atoms with van der Waals surface area (Å²) in [6.45, 7) is 14.2. The molecule has 168 valence electrons. The van der Waals surface area contributed by atoms with Crippen LogP contribution in [0.5, 0.6) is 0 Å². The number of hydrogen-bond donors (Lipinski definition) is 4. The first kappa shape index (κ1) is 25.9. The molecule has 0 spiro atoms. The number of aliphatic hydroxyl groups excluding tert-OH is 4. The van der Waals surface area contributed by atoms with Crippen molar-refractivity contribution in [1.29, 1.82) is 0 Å². The van der Waals surface area contributed by atoms with E-state index in [0.29, 0.717) is 42.1 Å². The Morgan fingerprint density at radius 2 is 1.57 bits per heavy atom. The minimum atomic E-state index is 0.0214. The molecule has 0 aromatic heterocycles. The molecule has 28 heavy (non-hydrogen) atoms. The maximum Gasteiger partial charge on any atom is 0.0484 e. The lowest BCUT2D eigenvalue weighted by atomic mass is 9.64. The highest BCUT2D eigenvalue weighted by Gasteiger charge is 2.38. The van der Waals surface area contributed by atoms with E-state index in [2.05, 4.69) is 41.5 Å². The Hall–Kier alpha value is -0.160. The van der Waals surface area contributed by atoms with E-state index in [4.69, 9.17) is 0 Å². The van der Waals surface area contributed by atoms with Gasteiger partial charge < -0.3 is 20.4 Å². The lowest BCUT2D eigenvalue weighted by molar-refractivity contribution is 0.00556. The predicted molar refractivity (Wildman–Crippen MR) is 116 cm³/mol. The summed E-state index contributed by atoms with van der Waals surface area (Å²) in [7, 11) is 0. The molecule has 0 amide bonds. The molecule has 0 radical (unpaired) electrons. The first-order valence-corrected chi connectivity index (χ1v) is 11.5. The molecule has 4 N–H and O–H groups in total. The fraction of sp³-hybridized carbons (Fsp3) is 1.00. The summed E-state index contributed by atoms with van der Waals surface area (Å²) in [4.78, 5) is 0. The highest BCUT2D eigenvalue weighted by Crippen LogP contribution is 2.44. The lowest BCUT2D eigenvalue weighted by Crippen LogP contribution is -2.37. The van der Waals surface area contributed by atoms with Crippen LogP contribution in [-0.4, -0.2) is 46.9 Å². The second-order valence-corrected chi connectivity index (χ2v) is 11.1. The molecular formula is C24H48O4. The number of aliphatic hydroxyl groups is 4. The molecule has 2 aliphatic carbocycles. The fourth-order valence-corrected chi connectivity index (χ4v) is 5.37. The SMILES string of the molecule is CC(C)C1CCC(C)(CO)CC1CO.CC1CCC(C(C)(C)CO)CC1CO. The second-order valence-electron chi connectivity index (χ2n) is 11.1. The van der Waals surface area contributed by atoms with Gasteiger partial charge in [-0.3, -0.25) is 0 Å². The average Bonchev–Trinajstić information content (AvgIpc) is 2.68. The zero-order valence-corrected chi connectivity index (χ0v) is 19.3. The van der Waals surface area contributed by atoms with E-state index >= 15 is 0 Å². The van der Waals surface area contributed by atoms with E-state index in [1.54, 1.807) is 0 Å². The van der Waals surface area contributed by atoms with Crippen LogP contribution >= 0.6 is 0 Å². The third kappa shape index (κ3) is 6.97. The van der Waals surface area contributed by atoms with Crippen molar-refractivity contribution in [3.05, 3.63) is 0 Å². The van der Waals surface area contributed by atoms with Crippen LogP contribution in [0.4, 0.5) is 0 Å². The van der Waals surface area contributed by atoms with E-state index in [-0.39, 0.29) is 30.7 Å². The first-order valence-electron chi connectivity index (χ1n) is 11.5. The predicted octanol–water partition coefficient (Wildman–Crippen LogP) is 4.10. The van der Waals surface area contributed by atoms with E-state index in [1.807, 2.05) is 0 Å². The summed E-state index contributed by atoms with van der Waals surface area (Å²) in [6.07, 6.45) is 6.70. The molecule has 0 bridgehead atoms. The van der Waals surface area contributed by atoms with Crippen molar-refractivity contribution in [1.82, 2.24) is 0 Å². The van der Waals surface area contributed by atoms with Gasteiger partial charge in [-0.2, -0.15) is 0 Å². The average molecular weight is 401 g/mol. The summed E-state index contributed by atoms with van der Waals surface area (Å²) in [5.74, 6) is 3.34. The molecule has 4 heteroatoms. The van der Waals surface area contributed by atoms with E-state index in [9.17, 15) is 20.4 Å². The minimum Gasteiger partial charge on any atom is -0.396 e. The van der Waals surface area contributed by atoms with Crippen LogP contribution in [0.15, 0.2) is 0 Å². The Morgan fingerprint density at radius 1 is 0.964 bits per heavy atom. The Kier molecular flexibility index (Phi) is 10.4. The van der Waals surface area contributed by atoms with Gasteiger partial charge in [0, 0.05) is 26.4 Å². The van der Waals surface area contributed by atoms with Crippen LogP contribution in [0.1, 0.15) is 80.1 Å². The van der Waals surface area contributed by atoms with Crippen LogP contribution in [-0.2, 0) is 0 Å². The van der Waals surface area contributed by atoms with Gasteiger partial charge >= 0.3 is 0 Å². The molecule has 0 heterocycles. The first-order chi connectivity index (χ1) is 13.0. The molecule has 6 unspecified atom stereocenters. The highest BCUT2D eigenvalue weighted by atomic mass is 16.3. The van der Waals surface area contributed by atoms with Gasteiger partial charge in [-0.1, -0.05) is 48.0 Å². The Bertz CT molecular complexity index is 432. The van der Waals surface area contributed by atoms with Crippen LogP contribution < -0.4 is 0 Å². The minimum absolute atomic E-state index is 0.0214. The molecule has 4 nitrogen and oxygen atoms in total. The molecule has 2 rings (SSSR count). The van der Waals surface area contributed by atoms with Crippen LogP contribution in [0.25, 0.3) is 0 Å². The standard InChI is InChI=1S/2C12H24O2/c1-9-4-5-11(6-10(9)7-13)12(2,3)8-14;1-9(2)11-4-5-12(3,8-14)6-10(11)7-13/h2*9-11,13-14H,4-8H2,1-3H3. The van der Waals surface area contributed by atoms with Gasteiger partial charge in [-0.05, 0) is 78.4 Å². The van der Waals surface area contributed by atoms with Crippen molar-refractivity contribution in [3.8, 4) is 0 Å². The maximum atomic E-state index is 9.36. The zero-order valence-electron chi connectivity index (χ0n) is 19.3. The zero-order chi connectivity index (χ0) is 21.5. The summed E-state index contributed by atoms with van der Waals surface area (Å²) in [5, 5.41) is 37.2. The number of rotatable bonds is 6. The monoisotopic (exact) mass is 400 g/mol. The van der Waals surface area contributed by atoms with Crippen molar-refractivity contribution < 1.29 is 20.4 Å². The Morgan fingerprint density at radius 3 is 2.04 bits per heavy atom. The third-order valence-corrected chi connectivity index (χ3v) is 8.02. The van der Waals surface area contributed by atoms with E-state index < -0.39 is 0 Å². The second kappa shape index (κ2) is 11.3. The van der Waals surface area contributed by atoms with Gasteiger partial charge in [0.05, 0.1) is 0 Å². The molecule has 0 aromatic carbocycles. The van der Waals surface area contributed by atoms with Gasteiger partial charge in [0.1, 0.15) is 0 Å². The van der Waals surface area contributed by atoms with Crippen LogP contribution in [0.3, 0.4) is 0 Å². The van der Waals surface area contributed by atoms with E-state index in [0.717, 1.165) is 25.7 Å². The Balaban J connectivity index is 0.000000280. The van der Waals surface area contributed by atoms with Gasteiger partial charge in [-0.25, -0.2) is 0 Å². The largest absolute Gasteiger partial charge is 0.396 e. The van der Waals surface area contributed by atoms with Crippen LogP contribution in [0, 0.1) is 46.3 Å². The van der Waals surface area contributed by atoms with Crippen molar-refractivity contribution in [2.45, 2.75) is 80.1 Å². The molecule has 0 aliphatic heterocycles. The summed E-state index contributed by atoms with van der Waals surface area (Å²) < 4.78 is 0. The third-order valence-electron chi connectivity index (χ3n) is 8.02. The topological polar surface area (TPSA) is 80.9 Å². The highest BCUT2D eigenvalue weighted by molar-refractivity contribution is 4.88. The van der Waals surface area contributed by atoms with Crippen molar-refractivity contribution in [2.75, 3.05) is 26.4 Å². The quantitative estimate of drug-likeness (QED) is 0.541. The molecular weight excluding hydrogens is 352 g/mol. The fourth-order valence-electron chi connectivity index (χ4n) is 5.37. The molecule has 0 aromatic rings. The summed E-state index contributed by atoms with van der Waals surface area (Å²) >= 11 is 0. The van der Waals surface area contributed by atoms with Gasteiger partial charge in [-0.15, -0.1) is 0 Å². The molecule has 6 atom stereocenters. The van der Waals surface area contributed by atoms with E-state index in [1.165, 1.54) is 12.8 Å². The summed E-state index contributed by atoms with van der Waals surface area (Å²) in [6, 6.07) is 0. The van der Waals surface area contributed by atoms with Crippen molar-refractivity contribution >= 4 is 0 Å². The molecule has 0 saturated heterocycles. The maximum absolute atomic E-state index is 9.36. The van der Waals surface area contributed by atoms with Gasteiger partial charge in [0.25, 0.3) is 0 Å². The molecule has 2 aliphatic rings. The number of hydrogen-bond acceptors (Lipinski definition) is 4. The van der Waals surface area contributed by atoms with Gasteiger partial charge in [0.15, 0.2) is 0 Å². The Labute approximate surface area is 173 Å². The molecule has 2 saturated carbocycles.